The Balaban J connectivity index is 3.04. The molecule has 13 heavy (non-hydrogen) atoms. The van der Waals surface area contributed by atoms with Crippen LogP contribution in [0, 0.1) is 0 Å². The van der Waals surface area contributed by atoms with Gasteiger partial charge < -0.3 is 9.63 Å². The molecule has 0 amide bonds. The molecule has 0 unspecified atom stereocenters. The van der Waals surface area contributed by atoms with Crippen molar-refractivity contribution < 1.29 is 9.63 Å². The summed E-state index contributed by atoms with van der Waals surface area (Å²) in [4.78, 5) is 11.4. The van der Waals surface area contributed by atoms with Crippen molar-refractivity contribution in [3.05, 3.63) is 28.1 Å². The highest BCUT2D eigenvalue weighted by molar-refractivity contribution is 5.18. The lowest BCUT2D eigenvalue weighted by atomic mass is 10.3. The second-order valence-electron chi connectivity index (χ2n) is 2.66. The molecular formula is C9H13NO3. The molecule has 1 rings (SSSR count). The third kappa shape index (κ3) is 1.83. The number of hydrogen-bond acceptors (Lipinski definition) is 3. The Morgan fingerprint density at radius 2 is 2.31 bits per heavy atom. The van der Waals surface area contributed by atoms with Crippen LogP contribution in [0.3, 0.4) is 0 Å². The van der Waals surface area contributed by atoms with Crippen LogP contribution in [0.1, 0.15) is 19.4 Å². The van der Waals surface area contributed by atoms with Crippen molar-refractivity contribution in [3.8, 4) is 5.95 Å². The Labute approximate surface area is 76.1 Å². The topological polar surface area (TPSA) is 55.4 Å². The molecule has 0 aliphatic rings. The molecule has 0 radical (unpaired) electrons. The molecular weight excluding hydrogens is 170 g/mol. The average molecular weight is 183 g/mol. The van der Waals surface area contributed by atoms with Crippen LogP contribution in [0.25, 0.3) is 0 Å². The molecule has 4 heteroatoms. The summed E-state index contributed by atoms with van der Waals surface area (Å²) in [5, 5.41) is 9.20. The van der Waals surface area contributed by atoms with E-state index in [0.717, 1.165) is 4.74 Å². The quantitative estimate of drug-likeness (QED) is 0.718. The fourth-order valence-corrected chi connectivity index (χ4v) is 1.07. The Morgan fingerprint density at radius 1 is 1.62 bits per heavy atom. The molecule has 0 bridgehead atoms. The first-order chi connectivity index (χ1) is 6.20. The molecule has 0 saturated carbocycles. The lowest BCUT2D eigenvalue weighted by Crippen LogP contribution is -2.16. The summed E-state index contributed by atoms with van der Waals surface area (Å²) in [6.07, 6.45) is 4.08. The number of rotatable bonds is 3. The van der Waals surface area contributed by atoms with E-state index < -0.39 is 0 Å². The largest absolute Gasteiger partial charge is 0.479 e. The minimum absolute atomic E-state index is 0.252. The van der Waals surface area contributed by atoms with Crippen LogP contribution in [-0.4, -0.2) is 9.85 Å². The molecule has 4 nitrogen and oxygen atoms in total. The second-order valence-corrected chi connectivity index (χ2v) is 2.66. The number of allylic oxidation sites excluding steroid dienone is 2. The predicted molar refractivity (Wildman–Crippen MR) is 48.8 cm³/mol. The molecule has 0 fully saturated rings. The van der Waals surface area contributed by atoms with E-state index in [0.29, 0.717) is 18.5 Å². The lowest BCUT2D eigenvalue weighted by Gasteiger charge is -1.90. The Kier molecular flexibility index (Phi) is 2.95. The van der Waals surface area contributed by atoms with Gasteiger partial charge in [0.25, 0.3) is 5.56 Å². The lowest BCUT2D eigenvalue weighted by molar-refractivity contribution is 0.205. The SMILES string of the molecule is CC=CCn1oc(O)c(CC)c1=O. The fraction of sp³-hybridized carbons (Fsp3) is 0.444. The Bertz CT molecular complexity index is 359. The Hall–Kier alpha value is -1.45. The van der Waals surface area contributed by atoms with Crippen molar-refractivity contribution >= 4 is 0 Å². The molecule has 1 aromatic rings. The summed E-state index contributed by atoms with van der Waals surface area (Å²) in [6, 6.07) is 0. The third-order valence-electron chi connectivity index (χ3n) is 1.80. The molecule has 0 aromatic carbocycles. The zero-order valence-electron chi connectivity index (χ0n) is 7.78. The van der Waals surface area contributed by atoms with Gasteiger partial charge in [0, 0.05) is 0 Å². The van der Waals surface area contributed by atoms with Crippen molar-refractivity contribution in [2.45, 2.75) is 26.8 Å². The van der Waals surface area contributed by atoms with Gasteiger partial charge in [0.15, 0.2) is 0 Å². The van der Waals surface area contributed by atoms with Crippen molar-refractivity contribution in [1.82, 2.24) is 4.74 Å². The van der Waals surface area contributed by atoms with Crippen molar-refractivity contribution in [1.29, 1.82) is 0 Å². The zero-order valence-corrected chi connectivity index (χ0v) is 7.78. The van der Waals surface area contributed by atoms with Gasteiger partial charge in [-0.15, -0.1) is 0 Å². The van der Waals surface area contributed by atoms with Gasteiger partial charge in [-0.05, 0) is 13.3 Å². The first kappa shape index (κ1) is 9.64. The van der Waals surface area contributed by atoms with Gasteiger partial charge in [-0.2, -0.15) is 4.74 Å². The van der Waals surface area contributed by atoms with Gasteiger partial charge in [-0.3, -0.25) is 4.79 Å². The van der Waals surface area contributed by atoms with Gasteiger partial charge >= 0.3 is 5.95 Å². The summed E-state index contributed by atoms with van der Waals surface area (Å²) in [5.74, 6) is -0.267. The maximum absolute atomic E-state index is 11.4. The molecule has 1 heterocycles. The number of hydrogen-bond donors (Lipinski definition) is 1. The van der Waals surface area contributed by atoms with Crippen LogP contribution in [-0.2, 0) is 13.0 Å². The van der Waals surface area contributed by atoms with Gasteiger partial charge in [-0.25, -0.2) is 0 Å². The Morgan fingerprint density at radius 3 is 2.77 bits per heavy atom. The number of aromatic hydroxyl groups is 1. The number of aromatic nitrogens is 1. The van der Waals surface area contributed by atoms with Crippen LogP contribution in [0.15, 0.2) is 21.5 Å². The minimum atomic E-state index is -0.267. The van der Waals surface area contributed by atoms with E-state index in [1.807, 2.05) is 13.0 Å². The summed E-state index contributed by atoms with van der Waals surface area (Å²) < 4.78 is 5.98. The summed E-state index contributed by atoms with van der Waals surface area (Å²) in [6.45, 7) is 4.02. The standard InChI is InChI=1S/C9H13NO3/c1-3-5-6-10-8(11)7(4-2)9(12)13-10/h3,5,12H,4,6H2,1-2H3. The van der Waals surface area contributed by atoms with E-state index in [9.17, 15) is 9.90 Å². The van der Waals surface area contributed by atoms with E-state index in [1.165, 1.54) is 0 Å². The average Bonchev–Trinajstić information content (AvgIpc) is 2.38. The monoisotopic (exact) mass is 183 g/mol. The molecule has 0 atom stereocenters. The molecule has 1 N–H and O–H groups in total. The first-order valence-corrected chi connectivity index (χ1v) is 4.23. The summed E-state index contributed by atoms with van der Waals surface area (Å²) in [5.41, 5.74) is 0.0857. The van der Waals surface area contributed by atoms with Crippen molar-refractivity contribution in [3.63, 3.8) is 0 Å². The third-order valence-corrected chi connectivity index (χ3v) is 1.80. The van der Waals surface area contributed by atoms with Crippen molar-refractivity contribution in [2.24, 2.45) is 0 Å². The van der Waals surface area contributed by atoms with E-state index in [4.69, 9.17) is 4.52 Å². The van der Waals surface area contributed by atoms with Gasteiger partial charge in [0.05, 0.1) is 6.54 Å². The van der Waals surface area contributed by atoms with E-state index in [2.05, 4.69) is 0 Å². The highest BCUT2D eigenvalue weighted by atomic mass is 16.6. The smallest absolute Gasteiger partial charge is 0.313 e. The maximum Gasteiger partial charge on any atom is 0.313 e. The molecule has 72 valence electrons. The van der Waals surface area contributed by atoms with Crippen LogP contribution >= 0.6 is 0 Å². The van der Waals surface area contributed by atoms with Gasteiger partial charge in [0.2, 0.25) is 0 Å². The van der Waals surface area contributed by atoms with E-state index >= 15 is 0 Å². The second kappa shape index (κ2) is 3.98. The van der Waals surface area contributed by atoms with Crippen LogP contribution in [0.2, 0.25) is 0 Å². The predicted octanol–water partition coefficient (Wildman–Crippen LogP) is 1.29. The number of nitrogens with zero attached hydrogens (tertiary/aromatic N) is 1. The minimum Gasteiger partial charge on any atom is -0.479 e. The van der Waals surface area contributed by atoms with Crippen LogP contribution in [0.5, 0.6) is 5.95 Å². The molecule has 0 aliphatic carbocycles. The van der Waals surface area contributed by atoms with Gasteiger partial charge in [0.1, 0.15) is 5.56 Å². The maximum atomic E-state index is 11.4. The summed E-state index contributed by atoms with van der Waals surface area (Å²) >= 11 is 0. The van der Waals surface area contributed by atoms with Crippen LogP contribution < -0.4 is 5.56 Å². The van der Waals surface area contributed by atoms with E-state index in [1.54, 1.807) is 13.0 Å². The van der Waals surface area contributed by atoms with Crippen molar-refractivity contribution in [2.75, 3.05) is 0 Å². The molecule has 1 aromatic heterocycles. The molecule has 0 saturated heterocycles. The fourth-order valence-electron chi connectivity index (χ4n) is 1.07. The van der Waals surface area contributed by atoms with Gasteiger partial charge in [-0.1, -0.05) is 19.1 Å². The highest BCUT2D eigenvalue weighted by Gasteiger charge is 2.12. The molecule has 0 aliphatic heterocycles. The highest BCUT2D eigenvalue weighted by Crippen LogP contribution is 2.12. The first-order valence-electron chi connectivity index (χ1n) is 4.23. The zero-order chi connectivity index (χ0) is 9.84. The normalized spacial score (nSPS) is 11.2. The van der Waals surface area contributed by atoms with E-state index in [-0.39, 0.29) is 11.5 Å². The molecule has 0 spiro atoms. The summed E-state index contributed by atoms with van der Waals surface area (Å²) in [7, 11) is 0. The van der Waals surface area contributed by atoms with Crippen LogP contribution in [0.4, 0.5) is 0 Å².